The Bertz CT molecular complexity index is 998. The molecule has 1 unspecified atom stereocenters. The average Bonchev–Trinajstić information content (AvgIpc) is 3.38. The van der Waals surface area contributed by atoms with Crippen LogP contribution in [-0.4, -0.2) is 46.0 Å². The third-order valence-electron chi connectivity index (χ3n) is 7.15. The van der Waals surface area contributed by atoms with Crippen LogP contribution in [0.5, 0.6) is 5.75 Å². The summed E-state index contributed by atoms with van der Waals surface area (Å²) < 4.78 is 51.2. The van der Waals surface area contributed by atoms with Crippen molar-refractivity contribution in [1.29, 1.82) is 0 Å². The molecule has 0 radical (unpaired) electrons. The molecule has 1 saturated carbocycles. The molecule has 2 aliphatic heterocycles. The number of benzene rings is 1. The number of aliphatic hydroxyl groups is 1. The number of alkyl halides is 3. The van der Waals surface area contributed by atoms with Gasteiger partial charge in [0.15, 0.2) is 0 Å². The number of carboxylic acids is 1. The Hall–Kier alpha value is -2.17. The quantitative estimate of drug-likeness (QED) is 0.452. The van der Waals surface area contributed by atoms with Gasteiger partial charge < -0.3 is 25.0 Å². The Labute approximate surface area is 206 Å². The number of aliphatic carboxylic acids is 1. The number of carboxylic acid groups (broad SMARTS) is 1. The molecule has 2 heterocycles. The number of fused-ring (bicyclic) bond motifs is 1. The van der Waals surface area contributed by atoms with Gasteiger partial charge in [0.1, 0.15) is 22.9 Å². The molecule has 35 heavy (non-hydrogen) atoms. The SMILES string of the molecule is CC(C)C1([C@H]2CC[C@@H]3[C@@H](/C=C/COc4ccccc4C(F)(F)F)[C@H](O)C[C@@H]3O2)NC(C(=O)O)=CS1. The van der Waals surface area contributed by atoms with Gasteiger partial charge in [-0.25, -0.2) is 4.79 Å². The summed E-state index contributed by atoms with van der Waals surface area (Å²) in [6, 6.07) is 5.08. The second kappa shape index (κ2) is 10.1. The third kappa shape index (κ3) is 5.20. The summed E-state index contributed by atoms with van der Waals surface area (Å²) in [5.41, 5.74) is -0.659. The van der Waals surface area contributed by atoms with Crippen LogP contribution in [0.1, 0.15) is 38.7 Å². The zero-order valence-electron chi connectivity index (χ0n) is 19.5. The van der Waals surface area contributed by atoms with Gasteiger partial charge in [0.25, 0.3) is 0 Å². The van der Waals surface area contributed by atoms with Crippen LogP contribution in [0.3, 0.4) is 0 Å². The number of ether oxygens (including phenoxy) is 2. The van der Waals surface area contributed by atoms with Gasteiger partial charge in [0.2, 0.25) is 0 Å². The fourth-order valence-corrected chi connectivity index (χ4v) is 6.60. The van der Waals surface area contributed by atoms with Crippen molar-refractivity contribution >= 4 is 17.7 Å². The van der Waals surface area contributed by atoms with Gasteiger partial charge in [-0.3, -0.25) is 0 Å². The zero-order valence-corrected chi connectivity index (χ0v) is 20.3. The Morgan fingerprint density at radius 3 is 2.74 bits per heavy atom. The number of carbonyl (C=O) groups is 1. The molecule has 192 valence electrons. The van der Waals surface area contributed by atoms with Crippen molar-refractivity contribution in [1.82, 2.24) is 5.32 Å². The standard InChI is InChI=1S/C25H30F3NO5S/c1-14(2)24(29-18(13-35-24)23(31)32)22-10-9-16-15(19(30)12-21(16)34-22)6-5-11-33-20-8-4-3-7-17(20)25(26,27)28/h3-8,13-16,19,21-22,29-30H,9-12H2,1-2H3,(H,31,32)/b6-5+/t15-,16-,19-,21+,22-,24?/m1/s1. The Kier molecular flexibility index (Phi) is 7.45. The molecule has 6 nitrogen and oxygen atoms in total. The van der Waals surface area contributed by atoms with Gasteiger partial charge in [-0.05, 0) is 36.8 Å². The van der Waals surface area contributed by atoms with Crippen molar-refractivity contribution in [2.45, 2.75) is 62.5 Å². The Morgan fingerprint density at radius 2 is 2.09 bits per heavy atom. The number of halogens is 3. The molecule has 4 rings (SSSR count). The van der Waals surface area contributed by atoms with Crippen molar-refractivity contribution in [3.63, 3.8) is 0 Å². The molecule has 0 aromatic heterocycles. The van der Waals surface area contributed by atoms with Crippen LogP contribution in [0.4, 0.5) is 13.2 Å². The van der Waals surface area contributed by atoms with Crippen LogP contribution in [-0.2, 0) is 15.7 Å². The maximum Gasteiger partial charge on any atom is 0.419 e. The van der Waals surface area contributed by atoms with Crippen molar-refractivity contribution in [2.75, 3.05) is 6.61 Å². The van der Waals surface area contributed by atoms with E-state index < -0.39 is 28.7 Å². The van der Waals surface area contributed by atoms with Crippen molar-refractivity contribution in [3.05, 3.63) is 53.1 Å². The predicted octanol–water partition coefficient (Wildman–Crippen LogP) is 4.80. The van der Waals surface area contributed by atoms with E-state index in [-0.39, 0.29) is 48.0 Å². The summed E-state index contributed by atoms with van der Waals surface area (Å²) in [4.78, 5) is 10.9. The lowest BCUT2D eigenvalue weighted by atomic mass is 9.83. The second-order valence-corrected chi connectivity index (χ2v) is 10.7. The summed E-state index contributed by atoms with van der Waals surface area (Å²) in [5, 5.41) is 24.9. The van der Waals surface area contributed by atoms with Crippen LogP contribution in [0, 0.1) is 17.8 Å². The molecule has 6 atom stereocenters. The molecule has 0 bridgehead atoms. The highest BCUT2D eigenvalue weighted by atomic mass is 32.2. The van der Waals surface area contributed by atoms with Gasteiger partial charge in [-0.1, -0.05) is 38.1 Å². The number of nitrogens with one attached hydrogen (secondary N) is 1. The lowest BCUT2D eigenvalue weighted by molar-refractivity contribution is -0.139. The number of para-hydroxylation sites is 1. The highest BCUT2D eigenvalue weighted by Crippen LogP contribution is 2.50. The minimum Gasteiger partial charge on any atom is -0.489 e. The minimum atomic E-state index is -4.49. The lowest BCUT2D eigenvalue weighted by Gasteiger charge is -2.46. The minimum absolute atomic E-state index is 0.0438. The molecule has 1 saturated heterocycles. The predicted molar refractivity (Wildman–Crippen MR) is 126 cm³/mol. The van der Waals surface area contributed by atoms with Crippen LogP contribution >= 0.6 is 11.8 Å². The molecule has 1 aliphatic carbocycles. The molecule has 1 aromatic carbocycles. The maximum absolute atomic E-state index is 13.1. The number of hydrogen-bond donors (Lipinski definition) is 3. The molecule has 0 spiro atoms. The zero-order chi connectivity index (χ0) is 25.4. The average molecular weight is 514 g/mol. The highest BCUT2D eigenvalue weighted by molar-refractivity contribution is 8.03. The first-order chi connectivity index (χ1) is 16.5. The van der Waals surface area contributed by atoms with E-state index in [4.69, 9.17) is 9.47 Å². The van der Waals surface area contributed by atoms with Crippen LogP contribution in [0.2, 0.25) is 0 Å². The second-order valence-electron chi connectivity index (χ2n) is 9.55. The van der Waals surface area contributed by atoms with E-state index in [1.807, 2.05) is 19.9 Å². The van der Waals surface area contributed by atoms with E-state index in [9.17, 15) is 28.2 Å². The normalized spacial score (nSPS) is 33.0. The van der Waals surface area contributed by atoms with E-state index in [0.29, 0.717) is 12.8 Å². The summed E-state index contributed by atoms with van der Waals surface area (Å²) in [6.45, 7) is 4.01. The fraction of sp³-hybridized carbons (Fsp3) is 0.560. The Balaban J connectivity index is 1.38. The number of rotatable bonds is 7. The van der Waals surface area contributed by atoms with Crippen LogP contribution in [0.25, 0.3) is 0 Å². The van der Waals surface area contributed by atoms with Crippen LogP contribution in [0.15, 0.2) is 47.5 Å². The first-order valence-corrected chi connectivity index (χ1v) is 12.6. The molecule has 2 fully saturated rings. The van der Waals surface area contributed by atoms with Gasteiger partial charge in [0.05, 0.1) is 23.9 Å². The van der Waals surface area contributed by atoms with Gasteiger partial charge in [-0.15, -0.1) is 11.8 Å². The van der Waals surface area contributed by atoms with E-state index in [0.717, 1.165) is 12.5 Å². The molecule has 3 N–H and O–H groups in total. The smallest absolute Gasteiger partial charge is 0.419 e. The summed E-state index contributed by atoms with van der Waals surface area (Å²) in [7, 11) is 0. The molecular weight excluding hydrogens is 483 g/mol. The molecule has 10 heteroatoms. The van der Waals surface area contributed by atoms with E-state index in [1.165, 1.54) is 30.0 Å². The van der Waals surface area contributed by atoms with Crippen molar-refractivity contribution in [2.24, 2.45) is 17.8 Å². The summed E-state index contributed by atoms with van der Waals surface area (Å²) >= 11 is 1.44. The van der Waals surface area contributed by atoms with E-state index >= 15 is 0 Å². The highest BCUT2D eigenvalue weighted by Gasteiger charge is 2.53. The first-order valence-electron chi connectivity index (χ1n) is 11.7. The topological polar surface area (TPSA) is 88.0 Å². The molecule has 0 amide bonds. The summed E-state index contributed by atoms with van der Waals surface area (Å²) in [5.74, 6) is -1.25. The van der Waals surface area contributed by atoms with Gasteiger partial charge in [-0.2, -0.15) is 13.2 Å². The lowest BCUT2D eigenvalue weighted by Crippen LogP contribution is -2.57. The number of thioether (sulfide) groups is 1. The molecule has 1 aromatic rings. The van der Waals surface area contributed by atoms with E-state index in [1.54, 1.807) is 11.5 Å². The van der Waals surface area contributed by atoms with Crippen molar-refractivity contribution in [3.8, 4) is 5.75 Å². The van der Waals surface area contributed by atoms with Gasteiger partial charge in [0, 0.05) is 17.7 Å². The van der Waals surface area contributed by atoms with Crippen molar-refractivity contribution < 1.29 is 37.7 Å². The van der Waals surface area contributed by atoms with E-state index in [2.05, 4.69) is 5.32 Å². The Morgan fingerprint density at radius 1 is 1.34 bits per heavy atom. The molecule has 3 aliphatic rings. The fourth-order valence-electron chi connectivity index (χ4n) is 5.36. The first kappa shape index (κ1) is 25.9. The monoisotopic (exact) mass is 513 g/mol. The third-order valence-corrected chi connectivity index (χ3v) is 8.73. The number of aliphatic hydroxyl groups excluding tert-OH is 1. The largest absolute Gasteiger partial charge is 0.489 e. The summed E-state index contributed by atoms with van der Waals surface area (Å²) in [6.07, 6.45) is -0.115. The maximum atomic E-state index is 13.1. The number of hydrogen-bond acceptors (Lipinski definition) is 6. The van der Waals surface area contributed by atoms with Crippen LogP contribution < -0.4 is 10.1 Å². The molecular formula is C25H30F3NO5S. The van der Waals surface area contributed by atoms with Gasteiger partial charge >= 0.3 is 12.1 Å².